The fourth-order valence-corrected chi connectivity index (χ4v) is 4.46. The van der Waals surface area contributed by atoms with Crippen LogP contribution >= 0.6 is 0 Å². The molecule has 1 heterocycles. The van der Waals surface area contributed by atoms with Crippen LogP contribution < -0.4 is 10.6 Å². The molecule has 3 aromatic carbocycles. The first-order valence-corrected chi connectivity index (χ1v) is 11.0. The van der Waals surface area contributed by atoms with Crippen LogP contribution in [0.5, 0.6) is 0 Å². The van der Waals surface area contributed by atoms with Crippen molar-refractivity contribution in [2.75, 3.05) is 11.9 Å². The minimum Gasteiger partial charge on any atom is -0.479 e. The van der Waals surface area contributed by atoms with Gasteiger partial charge in [0.05, 0.1) is 6.54 Å². The number of carbonyl (C=O) groups excluding carboxylic acids is 3. The van der Waals surface area contributed by atoms with Crippen molar-refractivity contribution in [2.24, 2.45) is 0 Å². The van der Waals surface area contributed by atoms with Crippen molar-refractivity contribution < 1.29 is 29.0 Å². The van der Waals surface area contributed by atoms with Gasteiger partial charge in [-0.3, -0.25) is 15.0 Å². The lowest BCUT2D eigenvalue weighted by atomic mass is 9.98. The number of hydrogen-bond donors (Lipinski definition) is 3. The summed E-state index contributed by atoms with van der Waals surface area (Å²) in [7, 11) is 0. The van der Waals surface area contributed by atoms with E-state index in [2.05, 4.69) is 22.8 Å². The fraction of sp³-hybridized carbons (Fsp3) is 0.154. The normalized spacial score (nSPS) is 16.5. The van der Waals surface area contributed by atoms with Gasteiger partial charge >= 0.3 is 18.1 Å². The Balaban J connectivity index is 1.19. The van der Waals surface area contributed by atoms with Crippen LogP contribution in [-0.4, -0.2) is 46.7 Å². The van der Waals surface area contributed by atoms with Crippen molar-refractivity contribution >= 4 is 29.7 Å². The molecule has 3 aromatic rings. The molecule has 1 unspecified atom stereocenters. The molecule has 1 aliphatic heterocycles. The van der Waals surface area contributed by atoms with Crippen molar-refractivity contribution in [3.05, 3.63) is 89.5 Å². The van der Waals surface area contributed by atoms with E-state index in [4.69, 9.17) is 9.84 Å². The molecule has 1 aliphatic carbocycles. The fourth-order valence-electron chi connectivity index (χ4n) is 4.46. The van der Waals surface area contributed by atoms with E-state index in [-0.39, 0.29) is 19.1 Å². The number of fused-ring (bicyclic) bond motifs is 3. The standard InChI is InChI=1S/C26H21N3O6/c30-23-22(24(31)32)28-25(33)29(23)13-15-9-11-16(12-10-15)27-26(34)35-14-21-19-7-3-1-5-17(19)18-6-2-4-8-20(18)21/h1-12,21-22H,13-14H2,(H,27,34)(H,28,33)(H,31,32). The first-order chi connectivity index (χ1) is 16.9. The highest BCUT2D eigenvalue weighted by atomic mass is 16.5. The molecular formula is C26H21N3O6. The van der Waals surface area contributed by atoms with E-state index in [1.165, 1.54) is 0 Å². The second kappa shape index (κ2) is 8.94. The van der Waals surface area contributed by atoms with Crippen LogP contribution in [0.1, 0.15) is 22.6 Å². The second-order valence-corrected chi connectivity index (χ2v) is 8.29. The average molecular weight is 471 g/mol. The predicted octanol–water partition coefficient (Wildman–Crippen LogP) is 3.55. The van der Waals surface area contributed by atoms with Crippen LogP contribution in [0.15, 0.2) is 72.8 Å². The van der Waals surface area contributed by atoms with Gasteiger partial charge in [-0.25, -0.2) is 14.4 Å². The van der Waals surface area contributed by atoms with E-state index >= 15 is 0 Å². The monoisotopic (exact) mass is 471 g/mol. The van der Waals surface area contributed by atoms with Crippen molar-refractivity contribution in [1.29, 1.82) is 0 Å². The Kier molecular flexibility index (Phi) is 5.66. The molecule has 2 aliphatic rings. The smallest absolute Gasteiger partial charge is 0.411 e. The number of nitrogens with zero attached hydrogens (tertiary/aromatic N) is 1. The SMILES string of the molecule is O=C(Nc1ccc(CN2C(=O)NC(C(=O)O)C2=O)cc1)OCC1c2ccccc2-c2ccccc21. The Labute approximate surface area is 200 Å². The zero-order valence-corrected chi connectivity index (χ0v) is 18.4. The predicted molar refractivity (Wildman–Crippen MR) is 126 cm³/mol. The summed E-state index contributed by atoms with van der Waals surface area (Å²) in [5.74, 6) is -2.27. The topological polar surface area (TPSA) is 125 Å². The second-order valence-electron chi connectivity index (χ2n) is 8.29. The van der Waals surface area contributed by atoms with Crippen molar-refractivity contribution in [3.8, 4) is 11.1 Å². The molecule has 5 rings (SSSR count). The Hall–Kier alpha value is -4.66. The number of amides is 4. The summed E-state index contributed by atoms with van der Waals surface area (Å²) in [6.45, 7) is 0.106. The van der Waals surface area contributed by atoms with E-state index in [0.29, 0.717) is 11.3 Å². The van der Waals surface area contributed by atoms with Gasteiger partial charge in [0.25, 0.3) is 5.91 Å². The maximum Gasteiger partial charge on any atom is 0.411 e. The largest absolute Gasteiger partial charge is 0.479 e. The lowest BCUT2D eigenvalue weighted by molar-refractivity contribution is -0.144. The quantitative estimate of drug-likeness (QED) is 0.373. The van der Waals surface area contributed by atoms with Gasteiger partial charge in [-0.2, -0.15) is 0 Å². The highest BCUT2D eigenvalue weighted by Gasteiger charge is 2.42. The minimum absolute atomic E-state index is 0.0469. The van der Waals surface area contributed by atoms with Gasteiger partial charge in [-0.1, -0.05) is 60.7 Å². The number of imide groups is 1. The number of aliphatic carboxylic acids is 1. The van der Waals surface area contributed by atoms with Crippen LogP contribution in [0.2, 0.25) is 0 Å². The molecule has 176 valence electrons. The number of nitrogens with one attached hydrogen (secondary N) is 2. The first-order valence-electron chi connectivity index (χ1n) is 11.0. The summed E-state index contributed by atoms with van der Waals surface area (Å²) >= 11 is 0. The lowest BCUT2D eigenvalue weighted by Gasteiger charge is -2.15. The number of carbonyl (C=O) groups is 4. The van der Waals surface area contributed by atoms with Crippen LogP contribution in [0.25, 0.3) is 11.1 Å². The van der Waals surface area contributed by atoms with Crippen molar-refractivity contribution in [3.63, 3.8) is 0 Å². The Morgan fingerprint density at radius 3 is 2.09 bits per heavy atom. The van der Waals surface area contributed by atoms with Gasteiger partial charge in [-0.05, 0) is 39.9 Å². The number of rotatable bonds is 6. The highest BCUT2D eigenvalue weighted by molar-refractivity contribution is 6.14. The van der Waals surface area contributed by atoms with Crippen LogP contribution in [0.3, 0.4) is 0 Å². The number of carboxylic acids is 1. The molecule has 9 heteroatoms. The number of benzene rings is 3. The number of hydrogen-bond acceptors (Lipinski definition) is 5. The van der Waals surface area contributed by atoms with Crippen LogP contribution in [-0.2, 0) is 20.9 Å². The third-order valence-corrected chi connectivity index (χ3v) is 6.16. The third kappa shape index (κ3) is 4.19. The highest BCUT2D eigenvalue weighted by Crippen LogP contribution is 2.44. The van der Waals surface area contributed by atoms with Gasteiger partial charge in [0, 0.05) is 11.6 Å². The lowest BCUT2D eigenvalue weighted by Crippen LogP contribution is -2.37. The molecule has 1 saturated heterocycles. The summed E-state index contributed by atoms with van der Waals surface area (Å²) in [5.41, 5.74) is 5.61. The van der Waals surface area contributed by atoms with Gasteiger partial charge in [0.15, 0.2) is 0 Å². The molecule has 4 amide bonds. The van der Waals surface area contributed by atoms with Gasteiger partial charge < -0.3 is 15.2 Å². The molecule has 0 bridgehead atoms. The van der Waals surface area contributed by atoms with E-state index in [9.17, 15) is 19.2 Å². The molecule has 1 atom stereocenters. The Morgan fingerprint density at radius 2 is 1.51 bits per heavy atom. The minimum atomic E-state index is -1.57. The molecule has 0 spiro atoms. The van der Waals surface area contributed by atoms with E-state index in [1.54, 1.807) is 24.3 Å². The number of urea groups is 1. The maximum absolute atomic E-state index is 12.4. The summed E-state index contributed by atoms with van der Waals surface area (Å²) in [5, 5.41) is 13.8. The third-order valence-electron chi connectivity index (χ3n) is 6.16. The summed E-state index contributed by atoms with van der Waals surface area (Å²) < 4.78 is 5.53. The molecule has 0 aromatic heterocycles. The maximum atomic E-state index is 12.4. The molecule has 0 radical (unpaired) electrons. The molecule has 1 fully saturated rings. The van der Waals surface area contributed by atoms with Crippen LogP contribution in [0, 0.1) is 0 Å². The zero-order chi connectivity index (χ0) is 24.5. The van der Waals surface area contributed by atoms with Gasteiger partial charge in [0.1, 0.15) is 6.61 Å². The molecule has 35 heavy (non-hydrogen) atoms. The van der Waals surface area contributed by atoms with Crippen LogP contribution in [0.4, 0.5) is 15.3 Å². The molecule has 3 N–H and O–H groups in total. The summed E-state index contributed by atoms with van der Waals surface area (Å²) in [6, 6.07) is 20.3. The summed E-state index contributed by atoms with van der Waals surface area (Å²) in [4.78, 5) is 48.3. The Bertz CT molecular complexity index is 1290. The molecular weight excluding hydrogens is 450 g/mol. The average Bonchev–Trinajstić information content (AvgIpc) is 3.33. The first kappa shape index (κ1) is 22.1. The van der Waals surface area contributed by atoms with Crippen molar-refractivity contribution in [1.82, 2.24) is 10.2 Å². The summed E-state index contributed by atoms with van der Waals surface area (Å²) in [6.07, 6.45) is -0.599. The van der Waals surface area contributed by atoms with Gasteiger partial charge in [-0.15, -0.1) is 0 Å². The van der Waals surface area contributed by atoms with Crippen molar-refractivity contribution in [2.45, 2.75) is 18.5 Å². The number of ether oxygens (including phenoxy) is 1. The Morgan fingerprint density at radius 1 is 0.914 bits per heavy atom. The van der Waals surface area contributed by atoms with E-state index in [1.807, 2.05) is 36.4 Å². The molecule has 9 nitrogen and oxygen atoms in total. The van der Waals surface area contributed by atoms with Gasteiger partial charge in [0.2, 0.25) is 6.04 Å². The number of carboxylic acid groups (broad SMARTS) is 1. The zero-order valence-electron chi connectivity index (χ0n) is 18.4. The van der Waals surface area contributed by atoms with E-state index in [0.717, 1.165) is 27.2 Å². The number of anilines is 1. The molecule has 0 saturated carbocycles. The van der Waals surface area contributed by atoms with E-state index < -0.39 is 30.0 Å².